The maximum atomic E-state index is 11.8. The molecule has 0 bridgehead atoms. The summed E-state index contributed by atoms with van der Waals surface area (Å²) in [5.74, 6) is 0.739. The average Bonchev–Trinajstić information content (AvgIpc) is 2.43. The second-order valence-corrected chi connectivity index (χ2v) is 6.76. The van der Waals surface area contributed by atoms with Crippen molar-refractivity contribution in [1.82, 2.24) is 0 Å². The Balaban J connectivity index is 2.27. The van der Waals surface area contributed by atoms with Crippen LogP contribution in [-0.2, 0) is 11.2 Å². The van der Waals surface area contributed by atoms with Crippen molar-refractivity contribution in [2.45, 2.75) is 39.0 Å². The van der Waals surface area contributed by atoms with Crippen LogP contribution in [0.1, 0.15) is 38.2 Å². The third-order valence-electron chi connectivity index (χ3n) is 4.47. The Morgan fingerprint density at radius 3 is 2.65 bits per heavy atom. The molecule has 0 spiro atoms. The third-order valence-corrected chi connectivity index (χ3v) is 5.24. The van der Waals surface area contributed by atoms with Crippen molar-refractivity contribution in [3.63, 3.8) is 0 Å². The minimum atomic E-state index is -0.667. The molecule has 1 fully saturated rings. The van der Waals surface area contributed by atoms with Crippen LogP contribution in [0.5, 0.6) is 5.75 Å². The normalized spacial score (nSPS) is 26.2. The van der Waals surface area contributed by atoms with Crippen molar-refractivity contribution in [1.29, 1.82) is 0 Å². The molecule has 4 heteroatoms. The molecule has 1 aromatic rings. The molecule has 110 valence electrons. The van der Waals surface area contributed by atoms with Gasteiger partial charge in [0.05, 0.1) is 12.5 Å². The highest BCUT2D eigenvalue weighted by molar-refractivity contribution is 9.10. The molecular weight excluding hydrogens is 320 g/mol. The number of carboxylic acid groups (broad SMARTS) is 1. The van der Waals surface area contributed by atoms with Crippen LogP contribution < -0.4 is 4.74 Å². The lowest BCUT2D eigenvalue weighted by Gasteiger charge is -2.36. The lowest BCUT2D eigenvalue weighted by Crippen LogP contribution is -2.37. The van der Waals surface area contributed by atoms with E-state index in [4.69, 9.17) is 4.74 Å². The van der Waals surface area contributed by atoms with Gasteiger partial charge in [-0.05, 0) is 61.8 Å². The highest BCUT2D eigenvalue weighted by Crippen LogP contribution is 2.43. The molecule has 0 amide bonds. The van der Waals surface area contributed by atoms with Gasteiger partial charge in [0.25, 0.3) is 0 Å². The van der Waals surface area contributed by atoms with Crippen molar-refractivity contribution in [3.8, 4) is 5.75 Å². The quantitative estimate of drug-likeness (QED) is 0.889. The van der Waals surface area contributed by atoms with Crippen LogP contribution in [0.4, 0.5) is 0 Å². The Morgan fingerprint density at radius 2 is 2.10 bits per heavy atom. The van der Waals surface area contributed by atoms with Gasteiger partial charge in [-0.15, -0.1) is 0 Å². The Morgan fingerprint density at radius 1 is 1.45 bits per heavy atom. The summed E-state index contributed by atoms with van der Waals surface area (Å²) >= 11 is 3.52. The van der Waals surface area contributed by atoms with Gasteiger partial charge in [0.15, 0.2) is 0 Å². The summed E-state index contributed by atoms with van der Waals surface area (Å²) in [6.07, 6.45) is 4.06. The largest absolute Gasteiger partial charge is 0.497 e. The van der Waals surface area contributed by atoms with Crippen LogP contribution in [0.2, 0.25) is 0 Å². The van der Waals surface area contributed by atoms with Crippen molar-refractivity contribution >= 4 is 21.9 Å². The predicted octanol–water partition coefficient (Wildman–Crippen LogP) is 4.28. The molecule has 3 nitrogen and oxygen atoms in total. The molecule has 0 aliphatic heterocycles. The molecule has 0 unspecified atom stereocenters. The first-order chi connectivity index (χ1) is 9.47. The van der Waals surface area contributed by atoms with Gasteiger partial charge in [0, 0.05) is 4.47 Å². The molecule has 1 aliphatic carbocycles. The van der Waals surface area contributed by atoms with Crippen LogP contribution in [0, 0.1) is 11.3 Å². The zero-order valence-electron chi connectivity index (χ0n) is 12.0. The topological polar surface area (TPSA) is 46.5 Å². The van der Waals surface area contributed by atoms with E-state index in [1.54, 1.807) is 7.11 Å². The van der Waals surface area contributed by atoms with Crippen LogP contribution in [-0.4, -0.2) is 18.2 Å². The van der Waals surface area contributed by atoms with Crippen molar-refractivity contribution in [2.75, 3.05) is 7.11 Å². The van der Waals surface area contributed by atoms with E-state index in [-0.39, 0.29) is 0 Å². The van der Waals surface area contributed by atoms with Gasteiger partial charge in [-0.2, -0.15) is 0 Å². The number of ether oxygens (including phenoxy) is 1. The van der Waals surface area contributed by atoms with E-state index < -0.39 is 11.4 Å². The number of hydrogen-bond acceptors (Lipinski definition) is 2. The number of benzene rings is 1. The molecule has 0 radical (unpaired) electrons. The zero-order chi connectivity index (χ0) is 14.8. The van der Waals surface area contributed by atoms with Gasteiger partial charge in [-0.25, -0.2) is 0 Å². The molecule has 0 heterocycles. The number of carbonyl (C=O) groups is 1. The standard InChI is InChI=1S/C16H21BrO3/c1-11-5-7-16(8-6-11,15(18)19)10-12-9-13(20-2)3-4-14(12)17/h3-4,9,11H,5-8,10H2,1-2H3,(H,18,19). The second kappa shape index (κ2) is 6.17. The minimum absolute atomic E-state index is 0.562. The molecule has 1 N–H and O–H groups in total. The van der Waals surface area contributed by atoms with Gasteiger partial charge in [-0.1, -0.05) is 22.9 Å². The van der Waals surface area contributed by atoms with E-state index in [1.165, 1.54) is 0 Å². The van der Waals surface area contributed by atoms with Crippen molar-refractivity contribution in [3.05, 3.63) is 28.2 Å². The molecule has 1 aliphatic rings. The monoisotopic (exact) mass is 340 g/mol. The minimum Gasteiger partial charge on any atom is -0.497 e. The Bertz CT molecular complexity index is 490. The fourth-order valence-corrected chi connectivity index (χ4v) is 3.35. The molecule has 1 aromatic carbocycles. The average molecular weight is 341 g/mol. The van der Waals surface area contributed by atoms with E-state index in [9.17, 15) is 9.90 Å². The summed E-state index contributed by atoms with van der Waals surface area (Å²) in [5, 5.41) is 9.71. The van der Waals surface area contributed by atoms with E-state index >= 15 is 0 Å². The summed E-state index contributed by atoms with van der Waals surface area (Å²) < 4.78 is 6.20. The maximum Gasteiger partial charge on any atom is 0.309 e. The van der Waals surface area contributed by atoms with E-state index in [0.29, 0.717) is 12.3 Å². The van der Waals surface area contributed by atoms with Gasteiger partial charge >= 0.3 is 5.97 Å². The molecular formula is C16H21BrO3. The van der Waals surface area contributed by atoms with Gasteiger partial charge in [0.1, 0.15) is 5.75 Å². The maximum absolute atomic E-state index is 11.8. The second-order valence-electron chi connectivity index (χ2n) is 5.90. The van der Waals surface area contributed by atoms with Crippen LogP contribution in [0.25, 0.3) is 0 Å². The lowest BCUT2D eigenvalue weighted by atomic mass is 9.68. The first kappa shape index (κ1) is 15.4. The SMILES string of the molecule is COc1ccc(Br)c(CC2(C(=O)O)CCC(C)CC2)c1. The molecule has 0 saturated heterocycles. The third kappa shape index (κ3) is 3.17. The molecule has 0 aromatic heterocycles. The zero-order valence-corrected chi connectivity index (χ0v) is 13.6. The summed E-state index contributed by atoms with van der Waals surface area (Å²) in [6.45, 7) is 2.20. The van der Waals surface area contributed by atoms with E-state index in [0.717, 1.165) is 41.5 Å². The highest BCUT2D eigenvalue weighted by Gasteiger charge is 2.41. The van der Waals surface area contributed by atoms with Crippen LogP contribution in [0.15, 0.2) is 22.7 Å². The Labute approximate surface area is 128 Å². The number of hydrogen-bond donors (Lipinski definition) is 1. The first-order valence-corrected chi connectivity index (χ1v) is 7.82. The summed E-state index contributed by atoms with van der Waals surface area (Å²) in [4.78, 5) is 11.8. The first-order valence-electron chi connectivity index (χ1n) is 7.03. The summed E-state index contributed by atoms with van der Waals surface area (Å²) in [6, 6.07) is 5.74. The fourth-order valence-electron chi connectivity index (χ4n) is 2.96. The van der Waals surface area contributed by atoms with Crippen LogP contribution in [0.3, 0.4) is 0 Å². The summed E-state index contributed by atoms with van der Waals surface area (Å²) in [7, 11) is 1.63. The fraction of sp³-hybridized carbons (Fsp3) is 0.562. The molecule has 2 rings (SSSR count). The van der Waals surface area contributed by atoms with E-state index in [2.05, 4.69) is 22.9 Å². The highest BCUT2D eigenvalue weighted by atomic mass is 79.9. The molecule has 20 heavy (non-hydrogen) atoms. The number of carboxylic acids is 1. The number of aliphatic carboxylic acids is 1. The summed E-state index contributed by atoms with van der Waals surface area (Å²) in [5.41, 5.74) is 0.391. The van der Waals surface area contributed by atoms with E-state index in [1.807, 2.05) is 18.2 Å². The predicted molar refractivity (Wildman–Crippen MR) is 82.1 cm³/mol. The number of rotatable bonds is 4. The number of halogens is 1. The Hall–Kier alpha value is -1.03. The van der Waals surface area contributed by atoms with Crippen molar-refractivity contribution in [2.24, 2.45) is 11.3 Å². The Kier molecular flexibility index (Phi) is 4.74. The van der Waals surface area contributed by atoms with Gasteiger partial charge in [0.2, 0.25) is 0 Å². The smallest absolute Gasteiger partial charge is 0.309 e. The molecule has 1 saturated carbocycles. The van der Waals surface area contributed by atoms with Crippen molar-refractivity contribution < 1.29 is 14.6 Å². The van der Waals surface area contributed by atoms with Crippen LogP contribution >= 0.6 is 15.9 Å². The molecule has 0 atom stereocenters. The van der Waals surface area contributed by atoms with Gasteiger partial charge < -0.3 is 9.84 Å². The lowest BCUT2D eigenvalue weighted by molar-refractivity contribution is -0.151. The number of methoxy groups -OCH3 is 1. The van der Waals surface area contributed by atoms with Gasteiger partial charge in [-0.3, -0.25) is 4.79 Å².